The minimum atomic E-state index is -0.340. The number of halogens is 1. The van der Waals surface area contributed by atoms with Crippen LogP contribution in [0.15, 0.2) is 104 Å². The lowest BCUT2D eigenvalue weighted by Gasteiger charge is -2.03. The van der Waals surface area contributed by atoms with Gasteiger partial charge in [0.2, 0.25) is 0 Å². The Morgan fingerprint density at radius 3 is 2.43 bits per heavy atom. The third-order valence-electron chi connectivity index (χ3n) is 4.29. The summed E-state index contributed by atoms with van der Waals surface area (Å²) in [6.45, 7) is 0. The Hall–Kier alpha value is -3.24. The van der Waals surface area contributed by atoms with Crippen molar-refractivity contribution >= 4 is 44.9 Å². The maximum absolute atomic E-state index is 12.3. The van der Waals surface area contributed by atoms with Crippen molar-refractivity contribution in [1.82, 2.24) is 0 Å². The predicted molar refractivity (Wildman–Crippen MR) is 119 cm³/mol. The largest absolute Gasteiger partial charge is 0.422 e. The van der Waals surface area contributed by atoms with Crippen LogP contribution in [-0.4, -0.2) is 6.21 Å². The predicted octanol–water partition coefficient (Wildman–Crippen LogP) is 6.64. The first-order valence-corrected chi connectivity index (χ1v) is 9.58. The second-order valence-corrected chi connectivity index (χ2v) is 7.14. The third kappa shape index (κ3) is 4.18. The quantitative estimate of drug-likeness (QED) is 0.269. The van der Waals surface area contributed by atoms with Gasteiger partial charge in [0.1, 0.15) is 5.58 Å². The summed E-state index contributed by atoms with van der Waals surface area (Å²) < 4.78 is 6.46. The van der Waals surface area contributed by atoms with Crippen LogP contribution in [0.4, 0.5) is 5.69 Å². The van der Waals surface area contributed by atoms with E-state index in [-0.39, 0.29) is 5.63 Å². The van der Waals surface area contributed by atoms with Gasteiger partial charge in [-0.2, -0.15) is 0 Å². The summed E-state index contributed by atoms with van der Waals surface area (Å²) in [5.41, 5.74) is 3.53. The number of benzene rings is 3. The molecule has 0 aliphatic heterocycles. The molecule has 0 fully saturated rings. The molecule has 0 aliphatic carbocycles. The van der Waals surface area contributed by atoms with Crippen LogP contribution in [0.2, 0.25) is 0 Å². The summed E-state index contributed by atoms with van der Waals surface area (Å²) in [4.78, 5) is 16.7. The molecule has 1 heterocycles. The molecule has 0 N–H and O–H groups in total. The first-order valence-electron chi connectivity index (χ1n) is 8.79. The molecule has 0 atom stereocenters. The molecular formula is C24H16BrNO2. The van der Waals surface area contributed by atoms with E-state index in [4.69, 9.17) is 4.42 Å². The number of allylic oxidation sites excluding steroid dienone is 1. The molecule has 0 aliphatic rings. The van der Waals surface area contributed by atoms with Crippen LogP contribution in [0.5, 0.6) is 0 Å². The van der Waals surface area contributed by atoms with Crippen molar-refractivity contribution in [2.75, 3.05) is 0 Å². The minimum Gasteiger partial charge on any atom is -0.422 e. The molecule has 0 unspecified atom stereocenters. The van der Waals surface area contributed by atoms with Crippen molar-refractivity contribution in [1.29, 1.82) is 0 Å². The van der Waals surface area contributed by atoms with E-state index in [1.807, 2.05) is 84.9 Å². The lowest BCUT2D eigenvalue weighted by Crippen LogP contribution is -2.02. The average molecular weight is 430 g/mol. The van der Waals surface area contributed by atoms with Crippen molar-refractivity contribution in [3.05, 3.63) is 105 Å². The average Bonchev–Trinajstić information content (AvgIpc) is 2.72. The molecule has 0 amide bonds. The highest BCUT2D eigenvalue weighted by Gasteiger charge is 2.07. The van der Waals surface area contributed by atoms with Crippen molar-refractivity contribution in [2.24, 2.45) is 4.99 Å². The van der Waals surface area contributed by atoms with Gasteiger partial charge in [-0.15, -0.1) is 0 Å². The van der Waals surface area contributed by atoms with Gasteiger partial charge in [0, 0.05) is 16.1 Å². The molecular weight excluding hydrogens is 414 g/mol. The first kappa shape index (κ1) is 18.1. The van der Waals surface area contributed by atoms with Gasteiger partial charge in [-0.05, 0) is 53.6 Å². The Balaban J connectivity index is 1.52. The van der Waals surface area contributed by atoms with E-state index in [9.17, 15) is 4.79 Å². The van der Waals surface area contributed by atoms with E-state index in [0.717, 1.165) is 26.7 Å². The SMILES string of the molecule is O=c1oc2ccccc2cc1-c1ccc(N=CC=Cc2ccc(Br)cc2)cc1. The summed E-state index contributed by atoms with van der Waals surface area (Å²) in [6, 6.07) is 24.9. The molecule has 0 saturated carbocycles. The zero-order valence-corrected chi connectivity index (χ0v) is 16.5. The molecule has 1 aromatic heterocycles. The van der Waals surface area contributed by atoms with Crippen molar-refractivity contribution in [3.8, 4) is 11.1 Å². The highest BCUT2D eigenvalue weighted by atomic mass is 79.9. The number of aliphatic imine (C=N–C) groups is 1. The van der Waals surface area contributed by atoms with Gasteiger partial charge in [0.15, 0.2) is 0 Å². The van der Waals surface area contributed by atoms with Crippen LogP contribution in [0.25, 0.3) is 28.2 Å². The van der Waals surface area contributed by atoms with Gasteiger partial charge >= 0.3 is 5.63 Å². The van der Waals surface area contributed by atoms with Crippen LogP contribution in [0.1, 0.15) is 5.56 Å². The molecule has 136 valence electrons. The van der Waals surface area contributed by atoms with Crippen molar-refractivity contribution < 1.29 is 4.42 Å². The van der Waals surface area contributed by atoms with E-state index >= 15 is 0 Å². The second-order valence-electron chi connectivity index (χ2n) is 6.22. The molecule has 4 aromatic rings. The number of rotatable bonds is 4. The molecule has 0 saturated heterocycles. The van der Waals surface area contributed by atoms with E-state index < -0.39 is 0 Å². The van der Waals surface area contributed by atoms with Gasteiger partial charge in [-0.25, -0.2) is 4.79 Å². The fourth-order valence-corrected chi connectivity index (χ4v) is 3.11. The first-order chi connectivity index (χ1) is 13.7. The summed E-state index contributed by atoms with van der Waals surface area (Å²) >= 11 is 3.42. The van der Waals surface area contributed by atoms with Crippen LogP contribution < -0.4 is 5.63 Å². The number of para-hydroxylation sites is 1. The minimum absolute atomic E-state index is 0.340. The van der Waals surface area contributed by atoms with E-state index in [2.05, 4.69) is 20.9 Å². The lowest BCUT2D eigenvalue weighted by atomic mass is 10.1. The number of nitrogens with zero attached hydrogens (tertiary/aromatic N) is 1. The molecule has 3 aromatic carbocycles. The van der Waals surface area contributed by atoms with Gasteiger partial charge in [0.05, 0.1) is 11.3 Å². The maximum atomic E-state index is 12.3. The Morgan fingerprint density at radius 1 is 0.893 bits per heavy atom. The van der Waals surface area contributed by atoms with Crippen molar-refractivity contribution in [3.63, 3.8) is 0 Å². The van der Waals surface area contributed by atoms with Crippen molar-refractivity contribution in [2.45, 2.75) is 0 Å². The highest BCUT2D eigenvalue weighted by Crippen LogP contribution is 2.23. The molecule has 0 bridgehead atoms. The molecule has 0 spiro atoms. The van der Waals surface area contributed by atoms with E-state index in [1.54, 1.807) is 12.3 Å². The summed E-state index contributed by atoms with van der Waals surface area (Å²) in [5, 5.41) is 0.900. The van der Waals surface area contributed by atoms with Gasteiger partial charge < -0.3 is 4.42 Å². The molecule has 4 rings (SSSR count). The van der Waals surface area contributed by atoms with Crippen LogP contribution in [0.3, 0.4) is 0 Å². The number of hydrogen-bond donors (Lipinski definition) is 0. The monoisotopic (exact) mass is 429 g/mol. The number of hydrogen-bond acceptors (Lipinski definition) is 3. The zero-order valence-electron chi connectivity index (χ0n) is 14.9. The van der Waals surface area contributed by atoms with Gasteiger partial charge in [-0.1, -0.05) is 64.5 Å². The molecule has 4 heteroatoms. The summed E-state index contributed by atoms with van der Waals surface area (Å²) in [5.74, 6) is 0. The van der Waals surface area contributed by atoms with Gasteiger partial charge in [0.25, 0.3) is 0 Å². The van der Waals surface area contributed by atoms with Crippen LogP contribution in [-0.2, 0) is 0 Å². The zero-order chi connectivity index (χ0) is 19.3. The number of fused-ring (bicyclic) bond motifs is 1. The Bertz CT molecular complexity index is 1220. The Labute approximate surface area is 170 Å². The smallest absolute Gasteiger partial charge is 0.344 e. The molecule has 3 nitrogen and oxygen atoms in total. The molecule has 0 radical (unpaired) electrons. The Kier molecular flexibility index (Phi) is 5.31. The topological polar surface area (TPSA) is 42.6 Å². The Morgan fingerprint density at radius 2 is 1.64 bits per heavy atom. The van der Waals surface area contributed by atoms with E-state index in [0.29, 0.717) is 11.1 Å². The fourth-order valence-electron chi connectivity index (χ4n) is 2.85. The lowest BCUT2D eigenvalue weighted by molar-refractivity contribution is 0.563. The van der Waals surface area contributed by atoms with Crippen LogP contribution >= 0.6 is 15.9 Å². The summed E-state index contributed by atoms with van der Waals surface area (Å²) in [6.07, 6.45) is 5.64. The van der Waals surface area contributed by atoms with Gasteiger partial charge in [-0.3, -0.25) is 4.99 Å². The summed E-state index contributed by atoms with van der Waals surface area (Å²) in [7, 11) is 0. The third-order valence-corrected chi connectivity index (χ3v) is 4.82. The second kappa shape index (κ2) is 8.19. The normalized spacial score (nSPS) is 11.6. The van der Waals surface area contributed by atoms with Crippen LogP contribution in [0, 0.1) is 0 Å². The van der Waals surface area contributed by atoms with E-state index in [1.165, 1.54) is 0 Å². The fraction of sp³-hybridized carbons (Fsp3) is 0. The maximum Gasteiger partial charge on any atom is 0.344 e. The highest BCUT2D eigenvalue weighted by molar-refractivity contribution is 9.10. The standard InChI is InChI=1S/C24H16BrNO2/c25-20-11-7-17(8-12-20)4-3-15-26-21-13-9-18(10-14-21)22-16-19-5-1-2-6-23(19)28-24(22)27/h1-16H. The molecule has 28 heavy (non-hydrogen) atoms.